The predicted octanol–water partition coefficient (Wildman–Crippen LogP) is 1.44. The number of hydrogen-bond acceptors (Lipinski definition) is 4. The zero-order valence-electron chi connectivity index (χ0n) is 8.98. The summed E-state index contributed by atoms with van der Waals surface area (Å²) in [5.74, 6) is 0.439. The van der Waals surface area contributed by atoms with Gasteiger partial charge in [-0.25, -0.2) is 0 Å². The molecule has 0 aliphatic heterocycles. The molecule has 2 aromatic rings. The molecule has 0 aliphatic rings. The van der Waals surface area contributed by atoms with Crippen LogP contribution in [0.15, 0.2) is 18.2 Å². The van der Waals surface area contributed by atoms with E-state index in [4.69, 9.17) is 34.7 Å². The standard InChI is InChI=1S/C10H9Cl2N5/c1-17-10(14)15-9(13)8(16-17)5-3-2-4-6(11)7(5)12/h2-4H,1H3,(H3,13,14,15)/p+1. The highest BCUT2D eigenvalue weighted by molar-refractivity contribution is 6.43. The van der Waals surface area contributed by atoms with E-state index < -0.39 is 0 Å². The number of anilines is 2. The summed E-state index contributed by atoms with van der Waals surface area (Å²) in [6.07, 6.45) is 0. The second kappa shape index (κ2) is 4.35. The first-order valence-corrected chi connectivity index (χ1v) is 5.50. The molecule has 0 saturated carbocycles. The van der Waals surface area contributed by atoms with Crippen LogP contribution < -0.4 is 16.1 Å². The number of nitrogen functional groups attached to an aromatic ring is 2. The van der Waals surface area contributed by atoms with Crippen molar-refractivity contribution in [2.24, 2.45) is 7.05 Å². The van der Waals surface area contributed by atoms with E-state index in [9.17, 15) is 0 Å². The van der Waals surface area contributed by atoms with Crippen molar-refractivity contribution in [3.05, 3.63) is 28.2 Å². The molecule has 1 aromatic heterocycles. The van der Waals surface area contributed by atoms with Crippen LogP contribution in [0.1, 0.15) is 0 Å². The van der Waals surface area contributed by atoms with Gasteiger partial charge in [0.25, 0.3) is 0 Å². The highest BCUT2D eigenvalue weighted by atomic mass is 35.5. The van der Waals surface area contributed by atoms with Gasteiger partial charge in [-0.15, -0.1) is 9.78 Å². The van der Waals surface area contributed by atoms with Crippen LogP contribution in [0.5, 0.6) is 0 Å². The summed E-state index contributed by atoms with van der Waals surface area (Å²) in [7, 11) is 1.67. The minimum Gasteiger partial charge on any atom is -0.368 e. The molecule has 1 heterocycles. The van der Waals surface area contributed by atoms with Gasteiger partial charge >= 0.3 is 5.95 Å². The summed E-state index contributed by atoms with van der Waals surface area (Å²) in [5.41, 5.74) is 12.4. The SMILES string of the molecule is C[n+]1nc(-c2cccc(Cl)c2Cl)c(N)nc1N. The lowest BCUT2D eigenvalue weighted by Gasteiger charge is -2.05. The summed E-state index contributed by atoms with van der Waals surface area (Å²) >= 11 is 12.0. The molecule has 0 unspecified atom stereocenters. The number of nitrogens with zero attached hydrogens (tertiary/aromatic N) is 3. The van der Waals surface area contributed by atoms with Gasteiger partial charge in [0.1, 0.15) is 0 Å². The first-order chi connectivity index (χ1) is 8.00. The van der Waals surface area contributed by atoms with E-state index in [1.165, 1.54) is 4.68 Å². The lowest BCUT2D eigenvalue weighted by molar-refractivity contribution is -0.718. The van der Waals surface area contributed by atoms with Crippen LogP contribution in [-0.2, 0) is 7.05 Å². The molecule has 7 heteroatoms. The molecule has 1 aromatic carbocycles. The third kappa shape index (κ3) is 2.11. The number of benzene rings is 1. The van der Waals surface area contributed by atoms with Gasteiger partial charge in [0.05, 0.1) is 17.1 Å². The monoisotopic (exact) mass is 270 g/mol. The molecule has 0 atom stereocenters. The van der Waals surface area contributed by atoms with Crippen molar-refractivity contribution in [3.63, 3.8) is 0 Å². The van der Waals surface area contributed by atoms with Crippen molar-refractivity contribution < 1.29 is 4.68 Å². The van der Waals surface area contributed by atoms with E-state index in [0.717, 1.165) is 0 Å². The van der Waals surface area contributed by atoms with Crippen LogP contribution in [0.4, 0.5) is 11.8 Å². The zero-order valence-corrected chi connectivity index (χ0v) is 10.5. The van der Waals surface area contributed by atoms with Gasteiger partial charge < -0.3 is 5.73 Å². The average molecular weight is 271 g/mol. The van der Waals surface area contributed by atoms with Gasteiger partial charge in [-0.3, -0.25) is 5.73 Å². The summed E-state index contributed by atoms with van der Waals surface area (Å²) in [5, 5.41) is 5.03. The Bertz CT molecular complexity index is 585. The fourth-order valence-corrected chi connectivity index (χ4v) is 1.77. The molecule has 0 bridgehead atoms. The molecule has 4 N–H and O–H groups in total. The number of rotatable bonds is 1. The number of nitrogens with two attached hydrogens (primary N) is 2. The number of aromatic nitrogens is 3. The summed E-state index contributed by atoms with van der Waals surface area (Å²) < 4.78 is 1.42. The van der Waals surface area contributed by atoms with Gasteiger partial charge in [-0.1, -0.05) is 35.3 Å². The van der Waals surface area contributed by atoms with Gasteiger partial charge in [0.2, 0.25) is 5.82 Å². The summed E-state index contributed by atoms with van der Waals surface area (Å²) in [4.78, 5) is 3.97. The van der Waals surface area contributed by atoms with E-state index in [-0.39, 0.29) is 11.8 Å². The van der Waals surface area contributed by atoms with Crippen LogP contribution in [0.25, 0.3) is 11.3 Å². The molecule has 88 valence electrons. The second-order valence-corrected chi connectivity index (χ2v) is 4.21. The predicted molar refractivity (Wildman–Crippen MR) is 67.5 cm³/mol. The topological polar surface area (TPSA) is 81.7 Å². The smallest absolute Gasteiger partial charge is 0.368 e. The minimum absolute atomic E-state index is 0.213. The summed E-state index contributed by atoms with van der Waals surface area (Å²) in [6, 6.07) is 5.22. The minimum atomic E-state index is 0.213. The third-order valence-electron chi connectivity index (χ3n) is 2.27. The fourth-order valence-electron chi connectivity index (χ4n) is 1.38. The van der Waals surface area contributed by atoms with Gasteiger partial charge in [-0.2, -0.15) is 0 Å². The van der Waals surface area contributed by atoms with Crippen molar-refractivity contribution >= 4 is 35.0 Å². The van der Waals surface area contributed by atoms with Crippen molar-refractivity contribution in [2.45, 2.75) is 0 Å². The van der Waals surface area contributed by atoms with Gasteiger partial charge in [-0.05, 0) is 11.1 Å². The molecule has 5 nitrogen and oxygen atoms in total. The molecule has 0 amide bonds. The molecular weight excluding hydrogens is 261 g/mol. The molecule has 0 aliphatic carbocycles. The fraction of sp³-hybridized carbons (Fsp3) is 0.100. The van der Waals surface area contributed by atoms with Gasteiger partial charge in [0.15, 0.2) is 5.69 Å². The van der Waals surface area contributed by atoms with Crippen molar-refractivity contribution in [1.29, 1.82) is 0 Å². The number of halogens is 2. The van der Waals surface area contributed by atoms with E-state index in [1.54, 1.807) is 25.2 Å². The zero-order chi connectivity index (χ0) is 12.6. The van der Waals surface area contributed by atoms with Crippen molar-refractivity contribution in [2.75, 3.05) is 11.5 Å². The Kier molecular flexibility index (Phi) is 3.04. The maximum Gasteiger partial charge on any atom is 0.410 e. The van der Waals surface area contributed by atoms with E-state index in [2.05, 4.69) is 10.1 Å². The van der Waals surface area contributed by atoms with E-state index >= 15 is 0 Å². The molecule has 0 spiro atoms. The molecule has 0 saturated heterocycles. The van der Waals surface area contributed by atoms with E-state index in [0.29, 0.717) is 21.3 Å². The van der Waals surface area contributed by atoms with Crippen molar-refractivity contribution in [1.82, 2.24) is 10.1 Å². The van der Waals surface area contributed by atoms with Crippen LogP contribution >= 0.6 is 23.2 Å². The first-order valence-electron chi connectivity index (χ1n) is 4.74. The Balaban J connectivity index is 2.69. The summed E-state index contributed by atoms with van der Waals surface area (Å²) in [6.45, 7) is 0. The van der Waals surface area contributed by atoms with Crippen LogP contribution in [-0.4, -0.2) is 10.1 Å². The Morgan fingerprint density at radius 2 is 1.94 bits per heavy atom. The maximum atomic E-state index is 6.10. The van der Waals surface area contributed by atoms with Crippen molar-refractivity contribution in [3.8, 4) is 11.3 Å². The lowest BCUT2D eigenvalue weighted by Crippen LogP contribution is -2.38. The van der Waals surface area contributed by atoms with E-state index in [1.807, 2.05) is 0 Å². The maximum absolute atomic E-state index is 6.10. The lowest BCUT2D eigenvalue weighted by atomic mass is 10.1. The van der Waals surface area contributed by atoms with Crippen LogP contribution in [0, 0.1) is 0 Å². The number of aryl methyl sites for hydroxylation is 1. The van der Waals surface area contributed by atoms with Crippen LogP contribution in [0.3, 0.4) is 0 Å². The Labute approximate surface area is 108 Å². The quantitative estimate of drug-likeness (QED) is 0.769. The molecule has 0 fully saturated rings. The Morgan fingerprint density at radius 3 is 2.65 bits per heavy atom. The Morgan fingerprint density at radius 1 is 1.24 bits per heavy atom. The number of hydrogen-bond donors (Lipinski definition) is 2. The molecule has 0 radical (unpaired) electrons. The molecule has 17 heavy (non-hydrogen) atoms. The highest BCUT2D eigenvalue weighted by Gasteiger charge is 2.18. The van der Waals surface area contributed by atoms with Crippen LogP contribution in [0.2, 0.25) is 10.0 Å². The largest absolute Gasteiger partial charge is 0.410 e. The highest BCUT2D eigenvalue weighted by Crippen LogP contribution is 2.33. The first kappa shape index (κ1) is 11.9. The normalized spacial score (nSPS) is 10.5. The second-order valence-electron chi connectivity index (χ2n) is 3.43. The molecular formula is C10H10Cl2N5+. The average Bonchev–Trinajstić information content (AvgIpc) is 2.28. The van der Waals surface area contributed by atoms with Gasteiger partial charge in [0, 0.05) is 5.56 Å². The molecule has 2 rings (SSSR count). The Hall–Kier alpha value is -1.59. The third-order valence-corrected chi connectivity index (χ3v) is 3.08.